The number of allylic oxidation sites excluding steroid dienone is 1. The Bertz CT molecular complexity index is 1080. The van der Waals surface area contributed by atoms with Gasteiger partial charge in [-0.3, -0.25) is 4.79 Å². The molecule has 0 aliphatic heterocycles. The number of ether oxygens (including phenoxy) is 3. The van der Waals surface area contributed by atoms with Crippen LogP contribution in [0.2, 0.25) is 0 Å². The summed E-state index contributed by atoms with van der Waals surface area (Å²) in [4.78, 5) is 19.4. The Labute approximate surface area is 167 Å². The number of esters is 1. The molecular formula is C21H19N3O5. The predicted octanol–water partition coefficient (Wildman–Crippen LogP) is 3.16. The van der Waals surface area contributed by atoms with Crippen LogP contribution in [-0.2, 0) is 16.0 Å². The molecule has 0 saturated heterocycles. The van der Waals surface area contributed by atoms with Gasteiger partial charge in [-0.1, -0.05) is 18.2 Å². The van der Waals surface area contributed by atoms with E-state index < -0.39 is 12.6 Å². The van der Waals surface area contributed by atoms with E-state index in [0.29, 0.717) is 22.6 Å². The summed E-state index contributed by atoms with van der Waals surface area (Å²) in [6.45, 7) is -0.438. The maximum Gasteiger partial charge on any atom is 0.310 e. The van der Waals surface area contributed by atoms with Gasteiger partial charge in [-0.2, -0.15) is 5.26 Å². The van der Waals surface area contributed by atoms with Crippen LogP contribution in [0.5, 0.6) is 11.5 Å². The Hall–Kier alpha value is -3.99. The van der Waals surface area contributed by atoms with Crippen molar-refractivity contribution in [3.05, 3.63) is 59.6 Å². The van der Waals surface area contributed by atoms with Crippen LogP contribution in [0, 0.1) is 11.3 Å². The minimum absolute atomic E-state index is 0.0276. The summed E-state index contributed by atoms with van der Waals surface area (Å²) in [5.41, 5.74) is 1.97. The Morgan fingerprint density at radius 3 is 2.62 bits per heavy atom. The van der Waals surface area contributed by atoms with Gasteiger partial charge in [-0.25, -0.2) is 4.98 Å². The van der Waals surface area contributed by atoms with E-state index in [2.05, 4.69) is 9.97 Å². The van der Waals surface area contributed by atoms with E-state index in [0.717, 1.165) is 5.52 Å². The summed E-state index contributed by atoms with van der Waals surface area (Å²) in [5, 5.41) is 19.6. The SMILES string of the molecule is COc1ccc(CC(=O)OC/C(O)=C(\C#N)c2nc3ccccc3[nH]2)cc1OC. The van der Waals surface area contributed by atoms with Crippen molar-refractivity contribution in [2.45, 2.75) is 6.42 Å². The number of aromatic amines is 1. The van der Waals surface area contributed by atoms with Crippen LogP contribution in [-0.4, -0.2) is 41.9 Å². The number of imidazole rings is 1. The van der Waals surface area contributed by atoms with Crippen molar-refractivity contribution in [3.8, 4) is 17.6 Å². The highest BCUT2D eigenvalue weighted by Gasteiger charge is 2.15. The van der Waals surface area contributed by atoms with Gasteiger partial charge < -0.3 is 24.3 Å². The average Bonchev–Trinajstić information content (AvgIpc) is 3.16. The first-order valence-corrected chi connectivity index (χ1v) is 8.69. The molecule has 8 heteroatoms. The molecule has 8 nitrogen and oxygen atoms in total. The third-order valence-electron chi connectivity index (χ3n) is 4.19. The largest absolute Gasteiger partial charge is 0.507 e. The first-order chi connectivity index (χ1) is 14.0. The van der Waals surface area contributed by atoms with Gasteiger partial charge in [-0.15, -0.1) is 0 Å². The number of para-hydroxylation sites is 2. The van der Waals surface area contributed by atoms with E-state index in [9.17, 15) is 15.2 Å². The molecule has 0 spiro atoms. The molecule has 148 valence electrons. The average molecular weight is 393 g/mol. The van der Waals surface area contributed by atoms with Crippen molar-refractivity contribution in [2.75, 3.05) is 20.8 Å². The number of aliphatic hydroxyl groups excluding tert-OH is 1. The van der Waals surface area contributed by atoms with Gasteiger partial charge >= 0.3 is 5.97 Å². The topological polar surface area (TPSA) is 117 Å². The van der Waals surface area contributed by atoms with Crippen LogP contribution in [0.4, 0.5) is 0 Å². The van der Waals surface area contributed by atoms with Crippen LogP contribution in [0.25, 0.3) is 16.6 Å². The summed E-state index contributed by atoms with van der Waals surface area (Å²) < 4.78 is 15.5. The lowest BCUT2D eigenvalue weighted by atomic mass is 10.1. The first kappa shape index (κ1) is 19.8. The molecule has 0 saturated carbocycles. The lowest BCUT2D eigenvalue weighted by molar-refractivity contribution is -0.142. The number of hydrogen-bond acceptors (Lipinski definition) is 7. The fourth-order valence-electron chi connectivity index (χ4n) is 2.75. The number of nitrogens with zero attached hydrogens (tertiary/aromatic N) is 2. The fraction of sp³-hybridized carbons (Fsp3) is 0.190. The van der Waals surface area contributed by atoms with E-state index in [1.54, 1.807) is 30.3 Å². The molecule has 1 heterocycles. The van der Waals surface area contributed by atoms with Crippen LogP contribution in [0.15, 0.2) is 48.2 Å². The second-order valence-corrected chi connectivity index (χ2v) is 6.06. The first-order valence-electron chi connectivity index (χ1n) is 8.69. The molecule has 0 unspecified atom stereocenters. The lowest BCUT2D eigenvalue weighted by Gasteiger charge is -2.10. The second-order valence-electron chi connectivity index (χ2n) is 6.06. The van der Waals surface area contributed by atoms with Gasteiger partial charge in [0.05, 0.1) is 31.7 Å². The highest BCUT2D eigenvalue weighted by Crippen LogP contribution is 2.27. The number of carbonyl (C=O) groups excluding carboxylic acids is 1. The minimum Gasteiger partial charge on any atom is -0.507 e. The molecule has 1 aromatic heterocycles. The summed E-state index contributed by atoms with van der Waals surface area (Å²) >= 11 is 0. The third-order valence-corrected chi connectivity index (χ3v) is 4.19. The molecule has 0 radical (unpaired) electrons. The molecule has 0 aliphatic carbocycles. The van der Waals surface area contributed by atoms with Gasteiger partial charge in [0.1, 0.15) is 18.2 Å². The molecule has 0 fully saturated rings. The molecule has 3 aromatic rings. The summed E-state index contributed by atoms with van der Waals surface area (Å²) in [5.74, 6) is 0.312. The van der Waals surface area contributed by atoms with Crippen molar-refractivity contribution >= 4 is 22.6 Å². The zero-order chi connectivity index (χ0) is 20.8. The zero-order valence-electron chi connectivity index (χ0n) is 15.9. The number of methoxy groups -OCH3 is 2. The molecule has 0 aliphatic rings. The number of nitrogens with one attached hydrogen (secondary N) is 1. The van der Waals surface area contributed by atoms with Gasteiger partial charge in [-0.05, 0) is 29.8 Å². The predicted molar refractivity (Wildman–Crippen MR) is 105 cm³/mol. The quantitative estimate of drug-likeness (QED) is 0.360. The lowest BCUT2D eigenvalue weighted by Crippen LogP contribution is -2.11. The van der Waals surface area contributed by atoms with Crippen molar-refractivity contribution in [1.82, 2.24) is 9.97 Å². The standard InChI is InChI=1S/C21H19N3O5/c1-27-18-8-7-13(9-19(18)28-2)10-20(26)29-12-17(25)14(11-22)21-23-15-5-3-4-6-16(15)24-21/h3-9,25H,10,12H2,1-2H3,(H,23,24)/b17-14-. The molecule has 0 atom stereocenters. The zero-order valence-corrected chi connectivity index (χ0v) is 15.9. The molecule has 0 amide bonds. The summed E-state index contributed by atoms with van der Waals surface area (Å²) in [6.07, 6.45) is -0.0276. The van der Waals surface area contributed by atoms with E-state index in [1.807, 2.05) is 18.2 Å². The minimum atomic E-state index is -0.564. The maximum atomic E-state index is 12.1. The number of rotatable bonds is 7. The number of nitriles is 1. The van der Waals surface area contributed by atoms with E-state index in [4.69, 9.17) is 14.2 Å². The monoisotopic (exact) mass is 393 g/mol. The van der Waals surface area contributed by atoms with E-state index in [1.165, 1.54) is 14.2 Å². The summed E-state index contributed by atoms with van der Waals surface area (Å²) in [7, 11) is 3.03. The van der Waals surface area contributed by atoms with Crippen LogP contribution in [0.3, 0.4) is 0 Å². The Morgan fingerprint density at radius 1 is 1.17 bits per heavy atom. The fourth-order valence-corrected chi connectivity index (χ4v) is 2.75. The molecule has 2 N–H and O–H groups in total. The Morgan fingerprint density at radius 2 is 1.93 bits per heavy atom. The van der Waals surface area contributed by atoms with Gasteiger partial charge in [0.15, 0.2) is 23.1 Å². The highest BCUT2D eigenvalue weighted by atomic mass is 16.5. The second kappa shape index (κ2) is 8.80. The van der Waals surface area contributed by atoms with Crippen LogP contribution >= 0.6 is 0 Å². The number of benzene rings is 2. The molecule has 29 heavy (non-hydrogen) atoms. The van der Waals surface area contributed by atoms with Gasteiger partial charge in [0.25, 0.3) is 0 Å². The Balaban J connectivity index is 1.69. The van der Waals surface area contributed by atoms with Crippen molar-refractivity contribution < 1.29 is 24.1 Å². The Kier molecular flexibility index (Phi) is 6.00. The number of fused-ring (bicyclic) bond motifs is 1. The number of aromatic nitrogens is 2. The molecule has 2 aromatic carbocycles. The normalized spacial score (nSPS) is 11.5. The molecule has 3 rings (SSSR count). The van der Waals surface area contributed by atoms with Crippen molar-refractivity contribution in [1.29, 1.82) is 5.26 Å². The number of carbonyl (C=O) groups is 1. The number of hydrogen-bond donors (Lipinski definition) is 2. The van der Waals surface area contributed by atoms with Crippen molar-refractivity contribution in [2.24, 2.45) is 0 Å². The highest BCUT2D eigenvalue weighted by molar-refractivity contribution is 5.83. The molecular weight excluding hydrogens is 374 g/mol. The van der Waals surface area contributed by atoms with Gasteiger partial charge in [0, 0.05) is 0 Å². The van der Waals surface area contributed by atoms with E-state index in [-0.39, 0.29) is 23.6 Å². The third kappa shape index (κ3) is 4.47. The van der Waals surface area contributed by atoms with E-state index >= 15 is 0 Å². The van der Waals surface area contributed by atoms with Gasteiger partial charge in [0.2, 0.25) is 0 Å². The van der Waals surface area contributed by atoms with Crippen LogP contribution < -0.4 is 9.47 Å². The van der Waals surface area contributed by atoms with Crippen LogP contribution in [0.1, 0.15) is 11.4 Å². The number of H-pyrrole nitrogens is 1. The smallest absolute Gasteiger partial charge is 0.310 e. The molecule has 0 bridgehead atoms. The summed E-state index contributed by atoms with van der Waals surface area (Å²) in [6, 6.07) is 14.2. The maximum absolute atomic E-state index is 12.1. The number of aliphatic hydroxyl groups is 1. The van der Waals surface area contributed by atoms with Crippen molar-refractivity contribution in [3.63, 3.8) is 0 Å².